The lowest BCUT2D eigenvalue weighted by Crippen LogP contribution is -2.41. The molecule has 4 nitrogen and oxygen atoms in total. The van der Waals surface area contributed by atoms with Gasteiger partial charge >= 0.3 is 0 Å². The Kier molecular flexibility index (Phi) is 6.72. The summed E-state index contributed by atoms with van der Waals surface area (Å²) in [6.45, 7) is 5.69. The zero-order valence-corrected chi connectivity index (χ0v) is 16.3. The molecule has 1 amide bonds. The second-order valence-corrected chi connectivity index (χ2v) is 7.53. The summed E-state index contributed by atoms with van der Waals surface area (Å²) in [7, 11) is 1.54. The van der Waals surface area contributed by atoms with Crippen molar-refractivity contribution in [2.45, 2.75) is 45.6 Å². The highest BCUT2D eigenvalue weighted by Crippen LogP contribution is 2.20. The van der Waals surface area contributed by atoms with Crippen molar-refractivity contribution >= 4 is 11.7 Å². The van der Waals surface area contributed by atoms with Crippen LogP contribution in [0.15, 0.2) is 42.5 Å². The number of methoxy groups -OCH3 is 1. The third-order valence-corrected chi connectivity index (χ3v) is 4.06. The number of carbonyl (C=O) groups excluding carboxylic acids is 2. The zero-order chi connectivity index (χ0) is 20.0. The molecule has 0 radical (unpaired) electrons. The van der Waals surface area contributed by atoms with Gasteiger partial charge in [0.15, 0.2) is 0 Å². The molecule has 0 saturated carbocycles. The summed E-state index contributed by atoms with van der Waals surface area (Å²) < 4.78 is 18.9. The lowest BCUT2D eigenvalue weighted by atomic mass is 9.97. The first kappa shape index (κ1) is 20.6. The number of ketones is 1. The molecular formula is C22H26FNO3. The average molecular weight is 371 g/mol. The molecule has 0 aliphatic carbocycles. The molecule has 2 aromatic rings. The summed E-state index contributed by atoms with van der Waals surface area (Å²) in [5.74, 6) is -0.0190. The van der Waals surface area contributed by atoms with Crippen LogP contribution in [0.1, 0.15) is 48.7 Å². The minimum Gasteiger partial charge on any atom is -0.497 e. The number of rotatable bonds is 7. The Hall–Kier alpha value is -2.69. The van der Waals surface area contributed by atoms with Crippen LogP contribution in [0.5, 0.6) is 5.75 Å². The van der Waals surface area contributed by atoms with E-state index in [4.69, 9.17) is 4.74 Å². The summed E-state index contributed by atoms with van der Waals surface area (Å²) >= 11 is 0. The fraction of sp³-hybridized carbons (Fsp3) is 0.364. The molecule has 0 aliphatic heterocycles. The Morgan fingerprint density at radius 1 is 1.07 bits per heavy atom. The first-order valence-corrected chi connectivity index (χ1v) is 8.94. The predicted octanol–water partition coefficient (Wildman–Crippen LogP) is 4.11. The van der Waals surface area contributed by atoms with Crippen molar-refractivity contribution in [1.29, 1.82) is 0 Å². The summed E-state index contributed by atoms with van der Waals surface area (Å²) in [4.78, 5) is 25.0. The molecule has 1 N–H and O–H groups in total. The number of benzene rings is 2. The van der Waals surface area contributed by atoms with E-state index in [1.54, 1.807) is 36.4 Å². The number of nitrogens with one attached hydrogen (secondary N) is 1. The first-order valence-electron chi connectivity index (χ1n) is 8.94. The topological polar surface area (TPSA) is 55.4 Å². The Balaban J connectivity index is 2.14. The molecule has 0 saturated heterocycles. The number of amides is 1. The van der Waals surface area contributed by atoms with Crippen LogP contribution in [-0.2, 0) is 17.6 Å². The first-order chi connectivity index (χ1) is 12.7. The summed E-state index contributed by atoms with van der Waals surface area (Å²) in [6.07, 6.45) is 0.635. The van der Waals surface area contributed by atoms with Crippen LogP contribution in [-0.4, -0.2) is 24.3 Å². The van der Waals surface area contributed by atoms with Crippen molar-refractivity contribution in [3.63, 3.8) is 0 Å². The lowest BCUT2D eigenvalue weighted by molar-refractivity contribution is -0.118. The highest BCUT2D eigenvalue weighted by atomic mass is 19.1. The van der Waals surface area contributed by atoms with Crippen LogP contribution in [0.4, 0.5) is 4.39 Å². The normalized spacial score (nSPS) is 11.1. The molecule has 0 heterocycles. The predicted molar refractivity (Wildman–Crippen MR) is 104 cm³/mol. The maximum atomic E-state index is 13.7. The van der Waals surface area contributed by atoms with Crippen molar-refractivity contribution in [2.24, 2.45) is 0 Å². The number of halogens is 1. The van der Waals surface area contributed by atoms with Gasteiger partial charge < -0.3 is 10.1 Å². The number of aryl methyl sites for hydroxylation is 1. The van der Waals surface area contributed by atoms with Crippen LogP contribution in [0.2, 0.25) is 0 Å². The molecular weight excluding hydrogens is 345 g/mol. The van der Waals surface area contributed by atoms with Gasteiger partial charge in [-0.2, -0.15) is 0 Å². The minimum atomic E-state index is -0.386. The molecule has 144 valence electrons. The Labute approximate surface area is 159 Å². The standard InChI is InChI=1S/C22H26FNO3/c1-22(2,3)24-21(26)19-12-11-18(27-4)14-16(19)13-17(25)10-9-15-7-5-6-8-20(15)23/h5-8,11-12,14H,9-10,13H2,1-4H3,(H,24,26). The van der Waals surface area contributed by atoms with E-state index >= 15 is 0 Å². The van der Waals surface area contributed by atoms with Gasteiger partial charge in [0.25, 0.3) is 5.91 Å². The van der Waals surface area contributed by atoms with Gasteiger partial charge in [-0.3, -0.25) is 9.59 Å². The summed E-state index contributed by atoms with van der Waals surface area (Å²) in [6, 6.07) is 11.5. The molecule has 0 fully saturated rings. The quantitative estimate of drug-likeness (QED) is 0.797. The van der Waals surface area contributed by atoms with Crippen molar-refractivity contribution in [2.75, 3.05) is 7.11 Å². The third-order valence-electron chi connectivity index (χ3n) is 4.06. The van der Waals surface area contributed by atoms with Crippen LogP contribution in [0.25, 0.3) is 0 Å². The van der Waals surface area contributed by atoms with Gasteiger partial charge in [-0.25, -0.2) is 4.39 Å². The number of Topliss-reactive ketones (excluding diaryl/α,β-unsaturated/α-hetero) is 1. The fourth-order valence-corrected chi connectivity index (χ4v) is 2.75. The van der Waals surface area contributed by atoms with Gasteiger partial charge in [0.05, 0.1) is 7.11 Å². The highest BCUT2D eigenvalue weighted by molar-refractivity contribution is 5.97. The largest absolute Gasteiger partial charge is 0.497 e. The van der Waals surface area contributed by atoms with Gasteiger partial charge in [0, 0.05) is 23.9 Å². The molecule has 0 aliphatic rings. The van der Waals surface area contributed by atoms with Crippen molar-refractivity contribution in [1.82, 2.24) is 5.32 Å². The summed E-state index contributed by atoms with van der Waals surface area (Å²) in [5, 5.41) is 2.91. The molecule has 0 atom stereocenters. The average Bonchev–Trinajstić information content (AvgIpc) is 2.59. The number of ether oxygens (including phenoxy) is 1. The van der Waals surface area contributed by atoms with E-state index in [0.717, 1.165) is 0 Å². The minimum absolute atomic E-state index is 0.0590. The smallest absolute Gasteiger partial charge is 0.251 e. The van der Waals surface area contributed by atoms with E-state index in [9.17, 15) is 14.0 Å². The van der Waals surface area contributed by atoms with Crippen LogP contribution < -0.4 is 10.1 Å². The molecule has 0 aromatic heterocycles. The third kappa shape index (κ3) is 6.20. The van der Waals surface area contributed by atoms with Crippen molar-refractivity contribution in [3.8, 4) is 5.75 Å². The lowest BCUT2D eigenvalue weighted by Gasteiger charge is -2.21. The Morgan fingerprint density at radius 2 is 1.78 bits per heavy atom. The van der Waals surface area contributed by atoms with Crippen LogP contribution in [0.3, 0.4) is 0 Å². The van der Waals surface area contributed by atoms with E-state index < -0.39 is 0 Å². The van der Waals surface area contributed by atoms with E-state index in [1.807, 2.05) is 20.8 Å². The van der Waals surface area contributed by atoms with E-state index in [-0.39, 0.29) is 35.9 Å². The molecule has 0 bridgehead atoms. The SMILES string of the molecule is COc1ccc(C(=O)NC(C)(C)C)c(CC(=O)CCc2ccccc2F)c1. The molecule has 27 heavy (non-hydrogen) atoms. The second-order valence-electron chi connectivity index (χ2n) is 7.53. The second kappa shape index (κ2) is 8.80. The van der Waals surface area contributed by atoms with Gasteiger partial charge in [-0.05, 0) is 62.6 Å². The molecule has 5 heteroatoms. The van der Waals surface area contributed by atoms with Crippen molar-refractivity contribution in [3.05, 3.63) is 65.0 Å². The van der Waals surface area contributed by atoms with Gasteiger partial charge in [-0.15, -0.1) is 0 Å². The maximum absolute atomic E-state index is 13.7. The van der Waals surface area contributed by atoms with Crippen LogP contribution in [0, 0.1) is 5.82 Å². The fourth-order valence-electron chi connectivity index (χ4n) is 2.75. The van der Waals surface area contributed by atoms with Crippen LogP contribution >= 0.6 is 0 Å². The number of hydrogen-bond acceptors (Lipinski definition) is 3. The van der Waals surface area contributed by atoms with E-state index in [2.05, 4.69) is 5.32 Å². The Morgan fingerprint density at radius 3 is 2.41 bits per heavy atom. The van der Waals surface area contributed by atoms with E-state index in [1.165, 1.54) is 13.2 Å². The maximum Gasteiger partial charge on any atom is 0.251 e. The van der Waals surface area contributed by atoms with E-state index in [0.29, 0.717) is 28.9 Å². The monoisotopic (exact) mass is 371 g/mol. The highest BCUT2D eigenvalue weighted by Gasteiger charge is 2.20. The van der Waals surface area contributed by atoms with Gasteiger partial charge in [-0.1, -0.05) is 18.2 Å². The summed E-state index contributed by atoms with van der Waals surface area (Å²) in [5.41, 5.74) is 1.19. The zero-order valence-electron chi connectivity index (χ0n) is 16.3. The van der Waals surface area contributed by atoms with Gasteiger partial charge in [0.2, 0.25) is 0 Å². The molecule has 2 rings (SSSR count). The molecule has 0 spiro atoms. The molecule has 2 aromatic carbocycles. The van der Waals surface area contributed by atoms with Gasteiger partial charge in [0.1, 0.15) is 17.3 Å². The number of carbonyl (C=O) groups is 2. The number of hydrogen-bond donors (Lipinski definition) is 1. The Bertz CT molecular complexity index is 825. The van der Waals surface area contributed by atoms with Crippen molar-refractivity contribution < 1.29 is 18.7 Å². The molecule has 0 unspecified atom stereocenters.